The lowest BCUT2D eigenvalue weighted by Crippen LogP contribution is -2.24. The van der Waals surface area contributed by atoms with E-state index in [9.17, 15) is 0 Å². The van der Waals surface area contributed by atoms with Crippen LogP contribution in [0.1, 0.15) is 23.8 Å². The highest BCUT2D eigenvalue weighted by atomic mass is 32.2. The number of benzene rings is 1. The molecule has 18 heavy (non-hydrogen) atoms. The predicted molar refractivity (Wildman–Crippen MR) is 81.5 cm³/mol. The fourth-order valence-corrected chi connectivity index (χ4v) is 4.98. The molecule has 1 aliphatic rings. The van der Waals surface area contributed by atoms with Crippen LogP contribution in [0.4, 0.5) is 0 Å². The van der Waals surface area contributed by atoms with E-state index in [1.165, 1.54) is 34.1 Å². The van der Waals surface area contributed by atoms with Crippen LogP contribution in [0.15, 0.2) is 24.3 Å². The Bertz CT molecular complexity index is 484. The molecule has 2 aromatic rings. The number of thiazole rings is 1. The molecule has 0 saturated carbocycles. The maximum atomic E-state index is 6.02. The maximum Gasteiger partial charge on any atom is 0.0984 e. The zero-order valence-electron chi connectivity index (χ0n) is 10.3. The van der Waals surface area contributed by atoms with E-state index >= 15 is 0 Å². The third-order valence-electron chi connectivity index (χ3n) is 3.72. The Balaban J connectivity index is 1.90. The van der Waals surface area contributed by atoms with Gasteiger partial charge in [0.2, 0.25) is 0 Å². The minimum absolute atomic E-state index is 0.461. The number of hydrogen-bond donors (Lipinski definition) is 1. The van der Waals surface area contributed by atoms with E-state index in [4.69, 9.17) is 10.7 Å². The standard InChI is InChI=1S/C14H18N2S2/c15-9-11(10-5-7-17-8-6-10)14-16-12-3-1-2-4-13(12)18-14/h1-4,10-11H,5-9,15H2. The number of rotatable bonds is 3. The summed E-state index contributed by atoms with van der Waals surface area (Å²) >= 11 is 3.89. The first-order valence-corrected chi connectivity index (χ1v) is 8.49. The van der Waals surface area contributed by atoms with Gasteiger partial charge < -0.3 is 5.73 Å². The van der Waals surface area contributed by atoms with Crippen LogP contribution in [0.5, 0.6) is 0 Å². The van der Waals surface area contributed by atoms with E-state index in [1.807, 2.05) is 11.3 Å². The second-order valence-corrected chi connectivity index (χ2v) is 7.10. The molecule has 0 amide bonds. The summed E-state index contributed by atoms with van der Waals surface area (Å²) < 4.78 is 1.29. The molecule has 4 heteroatoms. The first-order valence-electron chi connectivity index (χ1n) is 6.52. The van der Waals surface area contributed by atoms with E-state index < -0.39 is 0 Å². The van der Waals surface area contributed by atoms with Crippen LogP contribution in [-0.2, 0) is 0 Å². The third kappa shape index (κ3) is 2.42. The Labute approximate surface area is 116 Å². The molecule has 2 N–H and O–H groups in total. The fourth-order valence-electron chi connectivity index (χ4n) is 2.66. The maximum absolute atomic E-state index is 6.02. The molecule has 1 aromatic heterocycles. The molecule has 0 spiro atoms. The van der Waals surface area contributed by atoms with E-state index in [0.717, 1.165) is 18.0 Å². The zero-order valence-corrected chi connectivity index (χ0v) is 12.0. The molecule has 2 heterocycles. The smallest absolute Gasteiger partial charge is 0.0984 e. The minimum Gasteiger partial charge on any atom is -0.330 e. The predicted octanol–water partition coefficient (Wildman–Crippen LogP) is 3.48. The van der Waals surface area contributed by atoms with Crippen molar-refractivity contribution in [3.63, 3.8) is 0 Å². The van der Waals surface area contributed by atoms with Gasteiger partial charge in [0.15, 0.2) is 0 Å². The summed E-state index contributed by atoms with van der Waals surface area (Å²) in [6.45, 7) is 0.731. The van der Waals surface area contributed by atoms with Crippen molar-refractivity contribution in [1.82, 2.24) is 4.98 Å². The highest BCUT2D eigenvalue weighted by molar-refractivity contribution is 7.99. The number of hydrogen-bond acceptors (Lipinski definition) is 4. The number of nitrogens with zero attached hydrogens (tertiary/aromatic N) is 1. The topological polar surface area (TPSA) is 38.9 Å². The van der Waals surface area contributed by atoms with Crippen molar-refractivity contribution in [1.29, 1.82) is 0 Å². The van der Waals surface area contributed by atoms with E-state index in [-0.39, 0.29) is 0 Å². The molecule has 1 fully saturated rings. The van der Waals surface area contributed by atoms with Gasteiger partial charge in [-0.2, -0.15) is 11.8 Å². The molecule has 96 valence electrons. The Morgan fingerprint density at radius 2 is 2.06 bits per heavy atom. The lowest BCUT2D eigenvalue weighted by atomic mass is 9.88. The van der Waals surface area contributed by atoms with Crippen LogP contribution >= 0.6 is 23.1 Å². The number of aromatic nitrogens is 1. The largest absolute Gasteiger partial charge is 0.330 e. The van der Waals surface area contributed by atoms with Crippen molar-refractivity contribution in [2.75, 3.05) is 18.1 Å². The second kappa shape index (κ2) is 5.59. The highest BCUT2D eigenvalue weighted by Gasteiger charge is 2.26. The van der Waals surface area contributed by atoms with E-state index in [1.54, 1.807) is 0 Å². The summed E-state index contributed by atoms with van der Waals surface area (Å²) in [5, 5.41) is 1.25. The van der Waals surface area contributed by atoms with Crippen LogP contribution in [0.3, 0.4) is 0 Å². The first-order chi connectivity index (χ1) is 8.88. The summed E-state index contributed by atoms with van der Waals surface area (Å²) in [6.07, 6.45) is 2.59. The molecule has 3 rings (SSSR count). The van der Waals surface area contributed by atoms with Gasteiger partial charge in [-0.3, -0.25) is 0 Å². The fraction of sp³-hybridized carbons (Fsp3) is 0.500. The van der Waals surface area contributed by atoms with Crippen molar-refractivity contribution in [2.45, 2.75) is 18.8 Å². The molecule has 1 saturated heterocycles. The molecule has 1 atom stereocenters. The zero-order chi connectivity index (χ0) is 12.4. The number of thioether (sulfide) groups is 1. The van der Waals surface area contributed by atoms with Crippen molar-refractivity contribution in [3.8, 4) is 0 Å². The van der Waals surface area contributed by atoms with Gasteiger partial charge in [0.05, 0.1) is 15.2 Å². The van der Waals surface area contributed by atoms with Crippen molar-refractivity contribution in [3.05, 3.63) is 29.3 Å². The lowest BCUT2D eigenvalue weighted by Gasteiger charge is -2.27. The summed E-state index contributed by atoms with van der Waals surface area (Å²) in [6, 6.07) is 8.39. The molecule has 1 aromatic carbocycles. The third-order valence-corrected chi connectivity index (χ3v) is 5.93. The molecular formula is C14H18N2S2. The Kier molecular flexibility index (Phi) is 3.87. The number of nitrogens with two attached hydrogens (primary N) is 1. The van der Waals surface area contributed by atoms with Crippen LogP contribution < -0.4 is 5.73 Å². The van der Waals surface area contributed by atoms with Crippen LogP contribution in [0, 0.1) is 5.92 Å². The quantitative estimate of drug-likeness (QED) is 0.934. The molecule has 0 bridgehead atoms. The van der Waals surface area contributed by atoms with Gasteiger partial charge in [0.25, 0.3) is 0 Å². The van der Waals surface area contributed by atoms with E-state index in [0.29, 0.717) is 5.92 Å². The molecule has 2 nitrogen and oxygen atoms in total. The van der Waals surface area contributed by atoms with Gasteiger partial charge in [-0.25, -0.2) is 4.98 Å². The average molecular weight is 278 g/mol. The molecule has 1 aliphatic heterocycles. The van der Waals surface area contributed by atoms with Crippen molar-refractivity contribution < 1.29 is 0 Å². The minimum atomic E-state index is 0.461. The summed E-state index contributed by atoms with van der Waals surface area (Å²) in [4.78, 5) is 4.79. The first kappa shape index (κ1) is 12.5. The number of para-hydroxylation sites is 1. The van der Waals surface area contributed by atoms with Crippen LogP contribution in [-0.4, -0.2) is 23.0 Å². The van der Waals surface area contributed by atoms with E-state index in [2.05, 4.69) is 36.0 Å². The molecule has 1 unspecified atom stereocenters. The summed E-state index contributed by atoms with van der Waals surface area (Å²) in [5.74, 6) is 3.76. The van der Waals surface area contributed by atoms with Gasteiger partial charge in [-0.1, -0.05) is 12.1 Å². The number of fused-ring (bicyclic) bond motifs is 1. The van der Waals surface area contributed by atoms with Gasteiger partial charge in [0.1, 0.15) is 0 Å². The Morgan fingerprint density at radius 3 is 2.78 bits per heavy atom. The SMILES string of the molecule is NCC(c1nc2ccccc2s1)C1CCSCC1. The molecule has 0 aliphatic carbocycles. The second-order valence-electron chi connectivity index (χ2n) is 4.81. The van der Waals surface area contributed by atoms with Gasteiger partial charge in [-0.05, 0) is 42.4 Å². The highest BCUT2D eigenvalue weighted by Crippen LogP contribution is 2.37. The monoisotopic (exact) mass is 278 g/mol. The normalized spacial score (nSPS) is 19.2. The van der Waals surface area contributed by atoms with Crippen molar-refractivity contribution in [2.24, 2.45) is 11.7 Å². The van der Waals surface area contributed by atoms with Gasteiger partial charge in [0, 0.05) is 12.5 Å². The van der Waals surface area contributed by atoms with Crippen LogP contribution in [0.2, 0.25) is 0 Å². The van der Waals surface area contributed by atoms with Gasteiger partial charge in [-0.15, -0.1) is 11.3 Å². The summed E-state index contributed by atoms with van der Waals surface area (Å²) in [5.41, 5.74) is 7.14. The Hall–Kier alpha value is -0.580. The summed E-state index contributed by atoms with van der Waals surface area (Å²) in [7, 11) is 0. The average Bonchev–Trinajstić information content (AvgIpc) is 2.84. The molecular weight excluding hydrogens is 260 g/mol. The van der Waals surface area contributed by atoms with Crippen molar-refractivity contribution >= 4 is 33.3 Å². The Morgan fingerprint density at radius 1 is 1.28 bits per heavy atom. The lowest BCUT2D eigenvalue weighted by molar-refractivity contribution is 0.400. The van der Waals surface area contributed by atoms with Crippen LogP contribution in [0.25, 0.3) is 10.2 Å². The molecule has 0 radical (unpaired) electrons. The van der Waals surface area contributed by atoms with Gasteiger partial charge >= 0.3 is 0 Å².